The lowest BCUT2D eigenvalue weighted by atomic mass is 9.97. The summed E-state index contributed by atoms with van der Waals surface area (Å²) in [5.41, 5.74) is 1.96. The van der Waals surface area contributed by atoms with Gasteiger partial charge in [0.1, 0.15) is 5.76 Å². The molecule has 0 saturated carbocycles. The van der Waals surface area contributed by atoms with Gasteiger partial charge in [0.15, 0.2) is 5.82 Å². The van der Waals surface area contributed by atoms with Crippen molar-refractivity contribution in [1.29, 1.82) is 0 Å². The highest BCUT2D eigenvalue weighted by Crippen LogP contribution is 2.26. The third kappa shape index (κ3) is 5.31. The standard InChI is InChI=1S/C21H28N4O5S/c1-14-5-6-18(11-15(14)2)31(28,29)25-9-7-17(8-10-25)21(27)24(4)13-20(26)22-19-12-16(3)30-23-19/h5-6,11-12,17H,7-10,13H2,1-4H3,(H,22,23,26). The molecule has 1 fully saturated rings. The summed E-state index contributed by atoms with van der Waals surface area (Å²) in [4.78, 5) is 26.5. The molecule has 1 saturated heterocycles. The fourth-order valence-electron chi connectivity index (χ4n) is 3.58. The van der Waals surface area contributed by atoms with Gasteiger partial charge in [0.05, 0.1) is 11.4 Å². The topological polar surface area (TPSA) is 113 Å². The van der Waals surface area contributed by atoms with Crippen molar-refractivity contribution >= 4 is 27.7 Å². The maximum atomic E-state index is 12.9. The van der Waals surface area contributed by atoms with Crippen molar-refractivity contribution in [3.8, 4) is 0 Å². The highest BCUT2D eigenvalue weighted by atomic mass is 32.2. The number of hydrogen-bond donors (Lipinski definition) is 1. The van der Waals surface area contributed by atoms with E-state index < -0.39 is 10.0 Å². The number of amides is 2. The normalized spacial score (nSPS) is 15.6. The summed E-state index contributed by atoms with van der Waals surface area (Å²) in [6, 6.07) is 6.70. The summed E-state index contributed by atoms with van der Waals surface area (Å²) in [5.74, 6) is 0.00219. The molecule has 168 valence electrons. The molecule has 0 aliphatic carbocycles. The van der Waals surface area contributed by atoms with Crippen LogP contribution in [-0.2, 0) is 19.6 Å². The van der Waals surface area contributed by atoms with Gasteiger partial charge in [0.2, 0.25) is 21.8 Å². The largest absolute Gasteiger partial charge is 0.360 e. The highest BCUT2D eigenvalue weighted by Gasteiger charge is 2.33. The first-order chi connectivity index (χ1) is 14.6. The SMILES string of the molecule is Cc1cc(NC(=O)CN(C)C(=O)C2CCN(S(=O)(=O)c3ccc(C)c(C)c3)CC2)no1. The van der Waals surface area contributed by atoms with Crippen molar-refractivity contribution in [1.82, 2.24) is 14.4 Å². The van der Waals surface area contributed by atoms with Gasteiger partial charge in [0.25, 0.3) is 0 Å². The molecule has 0 bridgehead atoms. The van der Waals surface area contributed by atoms with Crippen molar-refractivity contribution in [3.63, 3.8) is 0 Å². The number of nitrogens with zero attached hydrogens (tertiary/aromatic N) is 3. The first kappa shape index (κ1) is 23.0. The van der Waals surface area contributed by atoms with Crippen LogP contribution >= 0.6 is 0 Å². The molecular weight excluding hydrogens is 420 g/mol. The molecule has 0 spiro atoms. The molecule has 10 heteroatoms. The number of likely N-dealkylation sites (N-methyl/N-ethyl adjacent to an activating group) is 1. The summed E-state index contributed by atoms with van der Waals surface area (Å²) in [7, 11) is -2.03. The van der Waals surface area contributed by atoms with Gasteiger partial charge in [-0.15, -0.1) is 0 Å². The van der Waals surface area contributed by atoms with E-state index in [4.69, 9.17) is 4.52 Å². The molecule has 1 aliphatic rings. The Morgan fingerprint density at radius 1 is 1.16 bits per heavy atom. The van der Waals surface area contributed by atoms with Crippen molar-refractivity contribution in [2.24, 2.45) is 5.92 Å². The van der Waals surface area contributed by atoms with Crippen molar-refractivity contribution < 1.29 is 22.5 Å². The van der Waals surface area contributed by atoms with E-state index in [2.05, 4.69) is 10.5 Å². The Hall–Kier alpha value is -2.72. The number of aryl methyl sites for hydroxylation is 3. The molecule has 2 heterocycles. The average molecular weight is 449 g/mol. The number of anilines is 1. The average Bonchev–Trinajstić information content (AvgIpc) is 3.13. The molecule has 1 aromatic carbocycles. The first-order valence-corrected chi connectivity index (χ1v) is 11.6. The number of hydrogen-bond acceptors (Lipinski definition) is 6. The molecule has 0 unspecified atom stereocenters. The lowest BCUT2D eigenvalue weighted by Gasteiger charge is -2.32. The van der Waals surface area contributed by atoms with Gasteiger partial charge in [0, 0.05) is 32.1 Å². The summed E-state index contributed by atoms with van der Waals surface area (Å²) in [6.07, 6.45) is 0.828. The van der Waals surface area contributed by atoms with E-state index in [9.17, 15) is 18.0 Å². The minimum Gasteiger partial charge on any atom is -0.360 e. The number of rotatable bonds is 6. The number of nitrogens with one attached hydrogen (secondary N) is 1. The van der Waals surface area contributed by atoms with Crippen LogP contribution in [-0.4, -0.2) is 61.3 Å². The van der Waals surface area contributed by atoms with E-state index in [0.717, 1.165) is 11.1 Å². The quantitative estimate of drug-likeness (QED) is 0.724. The highest BCUT2D eigenvalue weighted by molar-refractivity contribution is 7.89. The summed E-state index contributed by atoms with van der Waals surface area (Å²) in [6.45, 7) is 5.95. The predicted octanol–water partition coefficient (Wildman–Crippen LogP) is 2.10. The zero-order valence-corrected chi connectivity index (χ0v) is 19.0. The Labute approximate surface area is 182 Å². The van der Waals surface area contributed by atoms with Crippen LogP contribution in [0.15, 0.2) is 33.7 Å². The third-order valence-electron chi connectivity index (χ3n) is 5.57. The van der Waals surface area contributed by atoms with Gasteiger partial charge in [-0.2, -0.15) is 4.31 Å². The first-order valence-electron chi connectivity index (χ1n) is 10.1. The van der Waals surface area contributed by atoms with Gasteiger partial charge in [-0.3, -0.25) is 9.59 Å². The second-order valence-electron chi connectivity index (χ2n) is 7.99. The molecule has 2 aromatic rings. The molecule has 31 heavy (non-hydrogen) atoms. The van der Waals surface area contributed by atoms with E-state index in [-0.39, 0.29) is 42.3 Å². The van der Waals surface area contributed by atoms with Crippen LogP contribution in [0.2, 0.25) is 0 Å². The van der Waals surface area contributed by atoms with Crippen molar-refractivity contribution in [2.45, 2.75) is 38.5 Å². The van der Waals surface area contributed by atoms with Gasteiger partial charge in [-0.25, -0.2) is 8.42 Å². The lowest BCUT2D eigenvalue weighted by molar-refractivity contribution is -0.138. The molecular formula is C21H28N4O5S. The Morgan fingerprint density at radius 2 is 1.84 bits per heavy atom. The number of piperidine rings is 1. The van der Waals surface area contributed by atoms with E-state index >= 15 is 0 Å². The van der Waals surface area contributed by atoms with Crippen molar-refractivity contribution in [3.05, 3.63) is 41.2 Å². The summed E-state index contributed by atoms with van der Waals surface area (Å²) in [5, 5.41) is 6.27. The fraction of sp³-hybridized carbons (Fsp3) is 0.476. The van der Waals surface area contributed by atoms with Gasteiger partial charge >= 0.3 is 0 Å². The minimum atomic E-state index is -3.59. The molecule has 1 N–H and O–H groups in total. The monoisotopic (exact) mass is 448 g/mol. The lowest BCUT2D eigenvalue weighted by Crippen LogP contribution is -2.45. The van der Waals surface area contributed by atoms with Gasteiger partial charge in [-0.1, -0.05) is 11.2 Å². The summed E-state index contributed by atoms with van der Waals surface area (Å²) >= 11 is 0. The molecule has 0 atom stereocenters. The van der Waals surface area contributed by atoms with E-state index in [0.29, 0.717) is 24.4 Å². The Bertz CT molecular complexity index is 1070. The van der Waals surface area contributed by atoms with Gasteiger partial charge < -0.3 is 14.7 Å². The molecule has 1 aromatic heterocycles. The van der Waals surface area contributed by atoms with Crippen LogP contribution in [0.3, 0.4) is 0 Å². The maximum Gasteiger partial charge on any atom is 0.245 e. The van der Waals surface area contributed by atoms with Gasteiger partial charge in [-0.05, 0) is 56.9 Å². The fourth-order valence-corrected chi connectivity index (χ4v) is 5.13. The predicted molar refractivity (Wildman–Crippen MR) is 115 cm³/mol. The molecule has 3 rings (SSSR count). The second kappa shape index (κ2) is 9.19. The molecule has 2 amide bonds. The Morgan fingerprint density at radius 3 is 2.42 bits per heavy atom. The number of carbonyl (C=O) groups is 2. The van der Waals surface area contributed by atoms with E-state index in [1.165, 1.54) is 9.21 Å². The Balaban J connectivity index is 1.55. The van der Waals surface area contributed by atoms with Crippen LogP contribution in [0.1, 0.15) is 29.7 Å². The third-order valence-corrected chi connectivity index (χ3v) is 7.47. The zero-order chi connectivity index (χ0) is 22.8. The van der Waals surface area contributed by atoms with Crippen LogP contribution in [0.4, 0.5) is 5.82 Å². The van der Waals surface area contributed by atoms with E-state index in [1.54, 1.807) is 38.2 Å². The van der Waals surface area contributed by atoms with Crippen LogP contribution in [0, 0.1) is 26.7 Å². The van der Waals surface area contributed by atoms with Crippen LogP contribution in [0.25, 0.3) is 0 Å². The zero-order valence-electron chi connectivity index (χ0n) is 18.2. The number of aromatic nitrogens is 1. The Kier molecular flexibility index (Phi) is 6.80. The van der Waals surface area contributed by atoms with Crippen LogP contribution in [0.5, 0.6) is 0 Å². The van der Waals surface area contributed by atoms with E-state index in [1.807, 2.05) is 13.8 Å². The molecule has 9 nitrogen and oxygen atoms in total. The minimum absolute atomic E-state index is 0.119. The van der Waals surface area contributed by atoms with Crippen LogP contribution < -0.4 is 5.32 Å². The summed E-state index contributed by atoms with van der Waals surface area (Å²) < 4.78 is 32.2. The number of benzene rings is 1. The number of carbonyl (C=O) groups excluding carboxylic acids is 2. The number of sulfonamides is 1. The smallest absolute Gasteiger partial charge is 0.245 e. The molecule has 1 aliphatic heterocycles. The maximum absolute atomic E-state index is 12.9. The van der Waals surface area contributed by atoms with Crippen molar-refractivity contribution in [2.75, 3.05) is 32.0 Å². The molecule has 0 radical (unpaired) electrons. The second-order valence-corrected chi connectivity index (χ2v) is 9.93.